The van der Waals surface area contributed by atoms with Gasteiger partial charge in [0.25, 0.3) is 5.91 Å². The van der Waals surface area contributed by atoms with Crippen LogP contribution in [-0.2, 0) is 6.54 Å². The number of hydrogen-bond donors (Lipinski definition) is 3. The van der Waals surface area contributed by atoms with E-state index in [1.165, 1.54) is 6.20 Å². The highest BCUT2D eigenvalue weighted by molar-refractivity contribution is 5.93. The number of phenols is 1. The number of amides is 1. The second-order valence-electron chi connectivity index (χ2n) is 6.48. The summed E-state index contributed by atoms with van der Waals surface area (Å²) in [6.45, 7) is 0.370. The molecule has 25 heavy (non-hydrogen) atoms. The van der Waals surface area contributed by atoms with Gasteiger partial charge >= 0.3 is 0 Å². The Hall–Kier alpha value is -2.78. The lowest BCUT2D eigenvalue weighted by molar-refractivity contribution is 0.0471. The van der Waals surface area contributed by atoms with Gasteiger partial charge in [-0.1, -0.05) is 12.1 Å². The van der Waals surface area contributed by atoms with Gasteiger partial charge in [-0.3, -0.25) is 4.79 Å². The van der Waals surface area contributed by atoms with Crippen molar-refractivity contribution < 1.29 is 15.0 Å². The minimum atomic E-state index is -0.301. The maximum Gasteiger partial charge on any atom is 0.270 e. The maximum atomic E-state index is 13.0. The summed E-state index contributed by atoms with van der Waals surface area (Å²) in [5.74, 6) is -0.0122. The topological polar surface area (TPSA) is 100 Å². The molecule has 3 N–H and O–H groups in total. The molecule has 0 bridgehead atoms. The first-order valence-corrected chi connectivity index (χ1v) is 8.42. The van der Waals surface area contributed by atoms with Crippen molar-refractivity contribution in [2.45, 2.75) is 44.4 Å². The molecule has 1 saturated carbocycles. The molecule has 1 fully saturated rings. The van der Waals surface area contributed by atoms with Crippen LogP contribution in [0.25, 0.3) is 0 Å². The Kier molecular flexibility index (Phi) is 5.05. The lowest BCUT2D eigenvalue weighted by Gasteiger charge is -2.35. The molecular weight excluding hydrogens is 318 g/mol. The molecule has 6 heteroatoms. The van der Waals surface area contributed by atoms with Gasteiger partial charge in [-0.25, -0.2) is 0 Å². The predicted molar refractivity (Wildman–Crippen MR) is 91.8 cm³/mol. The van der Waals surface area contributed by atoms with Crippen LogP contribution in [0.3, 0.4) is 0 Å². The SMILES string of the molecule is N#Cc1c[nH]c(C(=O)N(Cc2cccc(O)c2)C2CCC(O)CC2)c1. The number of nitriles is 1. The van der Waals surface area contributed by atoms with Crippen LogP contribution in [0.2, 0.25) is 0 Å². The van der Waals surface area contributed by atoms with Gasteiger partial charge in [0.05, 0.1) is 11.7 Å². The van der Waals surface area contributed by atoms with Crippen molar-refractivity contribution in [1.29, 1.82) is 5.26 Å². The van der Waals surface area contributed by atoms with E-state index >= 15 is 0 Å². The molecule has 0 atom stereocenters. The summed E-state index contributed by atoms with van der Waals surface area (Å²) in [6, 6.07) is 10.4. The number of carbonyl (C=O) groups is 1. The van der Waals surface area contributed by atoms with E-state index in [4.69, 9.17) is 5.26 Å². The van der Waals surface area contributed by atoms with Crippen LogP contribution < -0.4 is 0 Å². The van der Waals surface area contributed by atoms with E-state index in [2.05, 4.69) is 4.98 Å². The molecular formula is C19H21N3O3. The van der Waals surface area contributed by atoms with Crippen LogP contribution in [0.5, 0.6) is 5.75 Å². The molecule has 0 unspecified atom stereocenters. The summed E-state index contributed by atoms with van der Waals surface area (Å²) < 4.78 is 0. The first kappa shape index (κ1) is 17.1. The van der Waals surface area contributed by atoms with Crippen LogP contribution in [0.15, 0.2) is 36.5 Å². The minimum Gasteiger partial charge on any atom is -0.508 e. The monoisotopic (exact) mass is 339 g/mol. The molecule has 1 heterocycles. The number of aromatic hydroxyl groups is 1. The summed E-state index contributed by atoms with van der Waals surface area (Å²) in [4.78, 5) is 17.6. The van der Waals surface area contributed by atoms with Crippen LogP contribution in [0.1, 0.15) is 47.3 Å². The highest BCUT2D eigenvalue weighted by Crippen LogP contribution is 2.26. The first-order valence-electron chi connectivity index (χ1n) is 8.42. The van der Waals surface area contributed by atoms with Gasteiger partial charge in [-0.15, -0.1) is 0 Å². The van der Waals surface area contributed by atoms with Crippen LogP contribution in [0, 0.1) is 11.3 Å². The van der Waals surface area contributed by atoms with Crippen molar-refractivity contribution in [1.82, 2.24) is 9.88 Å². The Balaban J connectivity index is 1.85. The molecule has 1 aliphatic rings. The Morgan fingerprint density at radius 2 is 2.04 bits per heavy atom. The standard InChI is InChI=1S/C19H21N3O3/c20-10-14-9-18(21-11-14)19(25)22(15-4-6-16(23)7-5-15)12-13-2-1-3-17(24)8-13/h1-3,8-9,11,15-16,21,23-24H,4-7,12H2. The molecule has 2 aromatic rings. The number of carbonyl (C=O) groups excluding carboxylic acids is 1. The number of aromatic nitrogens is 1. The third kappa shape index (κ3) is 4.01. The van der Waals surface area contributed by atoms with Crippen molar-refractivity contribution in [3.05, 3.63) is 53.3 Å². The summed E-state index contributed by atoms with van der Waals surface area (Å²) in [5, 5.41) is 28.4. The average molecular weight is 339 g/mol. The Morgan fingerprint density at radius 1 is 1.28 bits per heavy atom. The fourth-order valence-electron chi connectivity index (χ4n) is 3.33. The zero-order valence-corrected chi connectivity index (χ0v) is 13.9. The predicted octanol–water partition coefficient (Wildman–Crippen LogP) is 2.54. The molecule has 1 amide bonds. The number of phenolic OH excluding ortho intramolecular Hbond substituents is 1. The number of rotatable bonds is 4. The molecule has 6 nitrogen and oxygen atoms in total. The Bertz CT molecular complexity index is 785. The maximum absolute atomic E-state index is 13.0. The first-order chi connectivity index (χ1) is 12.1. The van der Waals surface area contributed by atoms with E-state index in [1.54, 1.807) is 29.2 Å². The molecule has 130 valence electrons. The molecule has 0 saturated heterocycles. The third-order valence-electron chi connectivity index (χ3n) is 4.67. The van der Waals surface area contributed by atoms with Gasteiger partial charge in [0.1, 0.15) is 17.5 Å². The van der Waals surface area contributed by atoms with E-state index in [1.807, 2.05) is 12.1 Å². The van der Waals surface area contributed by atoms with E-state index in [-0.39, 0.29) is 23.8 Å². The Labute approximate surface area is 146 Å². The number of H-pyrrole nitrogens is 1. The summed E-state index contributed by atoms with van der Waals surface area (Å²) in [5.41, 5.74) is 1.63. The highest BCUT2D eigenvalue weighted by atomic mass is 16.3. The zero-order valence-electron chi connectivity index (χ0n) is 13.9. The van der Waals surface area contributed by atoms with Gasteiger partial charge in [-0.2, -0.15) is 5.26 Å². The number of aromatic amines is 1. The normalized spacial score (nSPS) is 20.0. The van der Waals surface area contributed by atoms with Gasteiger partial charge < -0.3 is 20.1 Å². The summed E-state index contributed by atoms with van der Waals surface area (Å²) in [6.07, 6.45) is 4.02. The van der Waals surface area contributed by atoms with Crippen LogP contribution in [0.4, 0.5) is 0 Å². The Morgan fingerprint density at radius 3 is 2.68 bits per heavy atom. The number of benzene rings is 1. The molecule has 1 aliphatic carbocycles. The van der Waals surface area contributed by atoms with Gasteiger partial charge in [0, 0.05) is 18.8 Å². The van der Waals surface area contributed by atoms with Crippen molar-refractivity contribution in [3.8, 4) is 11.8 Å². The van der Waals surface area contributed by atoms with E-state index < -0.39 is 0 Å². The van der Waals surface area contributed by atoms with Crippen LogP contribution >= 0.6 is 0 Å². The molecule has 1 aromatic heterocycles. The quantitative estimate of drug-likeness (QED) is 0.797. The van der Waals surface area contributed by atoms with Gasteiger partial charge in [0.2, 0.25) is 0 Å². The number of nitrogens with zero attached hydrogens (tertiary/aromatic N) is 2. The number of aliphatic hydroxyl groups excluding tert-OH is 1. The molecule has 1 aromatic carbocycles. The van der Waals surface area contributed by atoms with Crippen molar-refractivity contribution in [3.63, 3.8) is 0 Å². The fourth-order valence-corrected chi connectivity index (χ4v) is 3.33. The van der Waals surface area contributed by atoms with Crippen molar-refractivity contribution in [2.24, 2.45) is 0 Å². The second-order valence-corrected chi connectivity index (χ2v) is 6.48. The number of aliphatic hydroxyl groups is 1. The molecule has 0 spiro atoms. The van der Waals surface area contributed by atoms with Gasteiger partial charge in [-0.05, 0) is 49.4 Å². The second kappa shape index (κ2) is 7.41. The number of nitrogens with one attached hydrogen (secondary N) is 1. The van der Waals surface area contributed by atoms with Gasteiger partial charge in [0.15, 0.2) is 0 Å². The number of hydrogen-bond acceptors (Lipinski definition) is 4. The fraction of sp³-hybridized carbons (Fsp3) is 0.368. The van der Waals surface area contributed by atoms with E-state index in [0.717, 1.165) is 18.4 Å². The third-order valence-corrected chi connectivity index (χ3v) is 4.67. The van der Waals surface area contributed by atoms with E-state index in [0.29, 0.717) is 30.6 Å². The molecule has 3 rings (SSSR count). The lowest BCUT2D eigenvalue weighted by Crippen LogP contribution is -2.42. The van der Waals surface area contributed by atoms with E-state index in [9.17, 15) is 15.0 Å². The smallest absolute Gasteiger partial charge is 0.270 e. The lowest BCUT2D eigenvalue weighted by atomic mass is 9.91. The minimum absolute atomic E-state index is 0.0204. The largest absolute Gasteiger partial charge is 0.508 e. The zero-order chi connectivity index (χ0) is 17.8. The molecule has 0 radical (unpaired) electrons. The summed E-state index contributed by atoms with van der Waals surface area (Å²) >= 11 is 0. The molecule has 0 aliphatic heterocycles. The summed E-state index contributed by atoms with van der Waals surface area (Å²) in [7, 11) is 0. The van der Waals surface area contributed by atoms with Crippen molar-refractivity contribution in [2.75, 3.05) is 0 Å². The highest BCUT2D eigenvalue weighted by Gasteiger charge is 2.29. The van der Waals surface area contributed by atoms with Crippen LogP contribution in [-0.4, -0.2) is 38.1 Å². The van der Waals surface area contributed by atoms with Crippen molar-refractivity contribution >= 4 is 5.91 Å². The average Bonchev–Trinajstić information content (AvgIpc) is 3.09.